The highest BCUT2D eigenvalue weighted by Gasteiger charge is 2.35. The molecule has 4 aliphatic heterocycles. The molecule has 146 heavy (non-hydrogen) atoms. The first-order chi connectivity index (χ1) is 70.5. The molecule has 36 heteroatoms. The number of nitrogens with one attached hydrogen (secondary N) is 5. The summed E-state index contributed by atoms with van der Waals surface area (Å²) >= 11 is 0. The van der Waals surface area contributed by atoms with Crippen LogP contribution in [0.4, 0.5) is 41.9 Å². The van der Waals surface area contributed by atoms with Gasteiger partial charge in [0.15, 0.2) is 68.6 Å². The smallest absolute Gasteiger partial charge is 0.412 e. The number of aromatic nitrogens is 12. The highest BCUT2D eigenvalue weighted by atomic mass is 16.6. The van der Waals surface area contributed by atoms with Crippen LogP contribution in [0, 0.1) is 62.3 Å². The van der Waals surface area contributed by atoms with Crippen LogP contribution in [-0.2, 0) is 4.74 Å². The van der Waals surface area contributed by atoms with Crippen LogP contribution in [0.3, 0.4) is 0 Å². The van der Waals surface area contributed by atoms with Crippen molar-refractivity contribution in [1.82, 2.24) is 85.0 Å². The van der Waals surface area contributed by atoms with Crippen molar-refractivity contribution in [2.75, 3.05) is 129 Å². The molecule has 0 radical (unpaired) electrons. The van der Waals surface area contributed by atoms with E-state index in [1.54, 1.807) is 62.9 Å². The highest BCUT2D eigenvalue weighted by molar-refractivity contribution is 5.86. The van der Waals surface area contributed by atoms with Gasteiger partial charge >= 0.3 is 24.3 Å². The van der Waals surface area contributed by atoms with Crippen LogP contribution in [0.1, 0.15) is 123 Å². The molecule has 12 heterocycles. The normalized spacial score (nSPS) is 16.1. The third-order valence-corrected chi connectivity index (χ3v) is 26.9. The van der Waals surface area contributed by atoms with E-state index in [1.165, 1.54) is 6.42 Å². The third-order valence-electron chi connectivity index (χ3n) is 26.9. The van der Waals surface area contributed by atoms with Gasteiger partial charge in [-0.3, -0.25) is 0 Å². The van der Waals surface area contributed by atoms with Crippen molar-refractivity contribution >= 4 is 80.4 Å². The van der Waals surface area contributed by atoms with Gasteiger partial charge in [-0.1, -0.05) is 48.9 Å². The lowest BCUT2D eigenvalue weighted by Crippen LogP contribution is -2.45. The molecule has 36 nitrogen and oxygen atoms in total. The fourth-order valence-electron chi connectivity index (χ4n) is 20.0. The minimum atomic E-state index is -0.453. The Bertz CT molecular complexity index is 7310. The summed E-state index contributed by atoms with van der Waals surface area (Å²) in [6, 6.07) is 52.6. The van der Waals surface area contributed by atoms with Gasteiger partial charge in [0.2, 0.25) is 0 Å². The molecule has 15 aromatic rings. The van der Waals surface area contributed by atoms with Crippen molar-refractivity contribution in [2.24, 2.45) is 0 Å². The average Bonchev–Trinajstić information content (AvgIpc) is 1.62. The predicted molar refractivity (Wildman–Crippen MR) is 563 cm³/mol. The molecule has 7 aromatic carbocycles. The lowest BCUT2D eigenvalue weighted by molar-refractivity contribution is 0.0733. The van der Waals surface area contributed by atoms with Gasteiger partial charge in [0.05, 0.1) is 166 Å². The molecular formula is C110H129N21O15. The molecule has 764 valence electrons. The molecule has 0 unspecified atom stereocenters. The van der Waals surface area contributed by atoms with E-state index in [-0.39, 0.29) is 48.4 Å². The highest BCUT2D eigenvalue weighted by Crippen LogP contribution is 2.43. The van der Waals surface area contributed by atoms with E-state index in [0.29, 0.717) is 77.1 Å². The van der Waals surface area contributed by atoms with Gasteiger partial charge in [-0.2, -0.15) is 20.4 Å². The predicted octanol–water partition coefficient (Wildman–Crippen LogP) is 18.2. The number of nitrogens with zero attached hydrogens (tertiary/aromatic N) is 16. The van der Waals surface area contributed by atoms with Crippen LogP contribution >= 0.6 is 0 Å². The van der Waals surface area contributed by atoms with Crippen molar-refractivity contribution in [3.05, 3.63) is 215 Å². The van der Waals surface area contributed by atoms with E-state index in [1.807, 2.05) is 234 Å². The second-order valence-corrected chi connectivity index (χ2v) is 37.8. The SMILES string of the molecule is COc1ccc(-c2c(C)nc3c(N4CC[C@@H](NC(=O)NC(C)C)C4)cc(C)nn23)cc1OC.COc1ccc(-c2c(C)nc3c(N4CC[C@@H](NC(=O)OC5CCCCC5)C4)cc(C)nn23)cc1OC.COc1ccc(-c2c(C)nc3c(N4CC[C@@H](NC(=O)Oc5ccc6ccccc6c5)C4)cc(C)nn23)cc1OC.COc1ccc(-c2c(C)nc3c(N4CC[C@@H](NC(=O)Oc5cccc(C)c5)C4)cc(C)nn23)cc1OC. The van der Waals surface area contributed by atoms with Gasteiger partial charge in [-0.05, 0) is 265 Å². The Morgan fingerprint density at radius 3 is 0.973 bits per heavy atom. The van der Waals surface area contributed by atoms with Crippen LogP contribution in [0.5, 0.6) is 57.5 Å². The number of amides is 5. The van der Waals surface area contributed by atoms with E-state index in [9.17, 15) is 19.2 Å². The first-order valence-corrected chi connectivity index (χ1v) is 49.5. The number of benzene rings is 7. The molecule has 5 amide bonds. The van der Waals surface area contributed by atoms with Gasteiger partial charge in [-0.15, -0.1) is 0 Å². The number of ether oxygens (including phenoxy) is 11. The standard InChI is InChI=1S/C31H31N5O4.C28H31N5O4.C27H35N5O4.C24H32N6O3/c1-19-15-26(30-32-20(2)29(36(30)34-19)23-10-12-27(38-3)28(17-23)39-4)35-14-13-24(18-35)33-31(37)40-25-11-9-21-7-5-6-8-22(21)16-25;1-17-7-6-8-22(13-17)37-28(34)30-21-11-12-32(16-21)23-14-18(2)31-33-26(19(3)29-27(23)33)20-9-10-24(35-4)25(15-20)36-5;1-17-14-22(31-13-12-20(16-31)29-27(33)36-21-8-6-5-7-9-21)26-28-18(2)25(32(26)30-17)19-10-11-23(34-3)24(15-19)35-4;1-14(2)25-24(31)27-18-9-10-29(13-18)19-11-15(3)28-30-22(16(4)26-23(19)30)17-7-8-20(32-5)21(12-17)33-6/h5-12,15-17,24H,13-14,18H2,1-4H3,(H,33,37);6-10,13-15,21H,11-12,16H2,1-5H3,(H,30,34);10-11,14-15,20-21H,5-9,12-13,16H2,1-4H3,(H,29,33);7-8,11-12,14,18H,9-10,13H2,1-6H3,(H2,25,27,31)/t24-;21-;20-;18-/m1111/s1. The molecule has 5 fully saturated rings. The maximum absolute atomic E-state index is 12.7. The number of rotatable bonds is 24. The van der Waals surface area contributed by atoms with E-state index in [0.717, 1.165) is 236 Å². The number of hydrogen-bond acceptors (Lipinski definition) is 27. The van der Waals surface area contributed by atoms with Crippen molar-refractivity contribution in [2.45, 2.75) is 170 Å². The van der Waals surface area contributed by atoms with Gasteiger partial charge in [0, 0.05) is 86.7 Å². The summed E-state index contributed by atoms with van der Waals surface area (Å²) in [5.41, 5.74) is 22.6. The summed E-state index contributed by atoms with van der Waals surface area (Å²) in [6.07, 6.45) is 7.66. The van der Waals surface area contributed by atoms with E-state index >= 15 is 0 Å². The molecule has 5 N–H and O–H groups in total. The number of anilines is 4. The minimum absolute atomic E-state index is 0.0350. The monoisotopic (exact) mass is 1980 g/mol. The second-order valence-electron chi connectivity index (χ2n) is 37.8. The Labute approximate surface area is 848 Å². The first-order valence-electron chi connectivity index (χ1n) is 49.5. The Morgan fingerprint density at radius 1 is 0.322 bits per heavy atom. The van der Waals surface area contributed by atoms with Crippen LogP contribution in [0.25, 0.3) is 78.4 Å². The molecule has 1 saturated carbocycles. The largest absolute Gasteiger partial charge is 0.493 e. The van der Waals surface area contributed by atoms with Crippen molar-refractivity contribution < 1.29 is 71.3 Å². The van der Waals surface area contributed by atoms with Gasteiger partial charge < -0.3 is 98.3 Å². The number of urea groups is 1. The molecule has 4 saturated heterocycles. The maximum atomic E-state index is 12.7. The number of hydrogen-bond donors (Lipinski definition) is 5. The van der Waals surface area contributed by atoms with Crippen LogP contribution in [0.15, 0.2) is 164 Å². The zero-order chi connectivity index (χ0) is 103. The Hall–Kier alpha value is -16.0. The summed E-state index contributed by atoms with van der Waals surface area (Å²) in [7, 11) is 13.0. The van der Waals surface area contributed by atoms with Gasteiger partial charge in [0.1, 0.15) is 17.6 Å². The molecule has 5 aliphatic rings. The lowest BCUT2D eigenvalue weighted by atomic mass is 9.98. The molecule has 0 spiro atoms. The van der Waals surface area contributed by atoms with Crippen LogP contribution < -0.4 is 93.6 Å². The Kier molecular flexibility index (Phi) is 31.2. The summed E-state index contributed by atoms with van der Waals surface area (Å²) < 4.78 is 68.0. The number of carbonyl (C=O) groups excluding carboxylic acids is 4. The summed E-state index contributed by atoms with van der Waals surface area (Å²) in [5, 5.41) is 36.4. The second kappa shape index (κ2) is 44.9. The maximum Gasteiger partial charge on any atom is 0.412 e. The van der Waals surface area contributed by atoms with Crippen LogP contribution in [0.2, 0.25) is 0 Å². The zero-order valence-corrected chi connectivity index (χ0v) is 86.4. The Balaban J connectivity index is 0.000000133. The fourth-order valence-corrected chi connectivity index (χ4v) is 20.0. The minimum Gasteiger partial charge on any atom is -0.493 e. The van der Waals surface area contributed by atoms with Crippen molar-refractivity contribution in [3.8, 4) is 103 Å². The molecule has 0 bridgehead atoms. The molecule has 4 atom stereocenters. The molecular weight excluding hydrogens is 1860 g/mol. The van der Waals surface area contributed by atoms with Gasteiger partial charge in [-0.25, -0.2) is 57.2 Å². The van der Waals surface area contributed by atoms with E-state index < -0.39 is 12.2 Å². The fraction of sp³-hybridized carbons (Fsp3) is 0.382. The number of methoxy groups -OCH3 is 8. The number of aryl methyl sites for hydroxylation is 9. The third kappa shape index (κ3) is 22.6. The van der Waals surface area contributed by atoms with Crippen molar-refractivity contribution in [3.63, 3.8) is 0 Å². The zero-order valence-electron chi connectivity index (χ0n) is 86.4. The number of carbonyl (C=O) groups is 4. The summed E-state index contributed by atoms with van der Waals surface area (Å²) in [4.78, 5) is 78.5. The summed E-state index contributed by atoms with van der Waals surface area (Å²) in [5.74, 6) is 6.35. The van der Waals surface area contributed by atoms with E-state index in [2.05, 4.69) is 64.4 Å². The van der Waals surface area contributed by atoms with E-state index in [4.69, 9.17) is 92.4 Å². The first kappa shape index (κ1) is 101. The Morgan fingerprint density at radius 2 is 0.644 bits per heavy atom. The summed E-state index contributed by atoms with van der Waals surface area (Å²) in [6.45, 7) is 27.7. The topological polar surface area (TPSA) is 364 Å². The van der Waals surface area contributed by atoms with Crippen molar-refractivity contribution in [1.29, 1.82) is 0 Å². The number of imidazole rings is 4. The quantitative estimate of drug-likeness (QED) is 0.0375. The number of alkyl carbamates (subject to hydrolysis) is 1. The lowest BCUT2D eigenvalue weighted by Gasteiger charge is -2.23. The average molecular weight is 1990 g/mol. The molecule has 20 rings (SSSR count). The molecule has 8 aromatic heterocycles. The van der Waals surface area contributed by atoms with Gasteiger partial charge in [0.25, 0.3) is 0 Å². The molecule has 1 aliphatic carbocycles. The number of fused-ring (bicyclic) bond motifs is 5. The van der Waals surface area contributed by atoms with Crippen LogP contribution in [-0.4, -0.2) is 228 Å².